The summed E-state index contributed by atoms with van der Waals surface area (Å²) < 4.78 is 93.2. The highest BCUT2D eigenvalue weighted by Gasteiger charge is 2.40. The number of halogens is 4. The monoisotopic (exact) mass is 972 g/mol. The lowest BCUT2D eigenvalue weighted by Crippen LogP contribution is -2.52. The number of fused-ring (bicyclic) bond motifs is 1. The molecule has 0 aliphatic carbocycles. The van der Waals surface area contributed by atoms with Crippen LogP contribution in [0.1, 0.15) is 42.7 Å². The molecule has 3 N–H and O–H groups in total. The molecule has 0 saturated carbocycles. The smallest absolute Gasteiger partial charge is 0.301 e. The largest absolute Gasteiger partial charge is 0.453 e. The molecule has 5 aromatic rings. The summed E-state index contributed by atoms with van der Waals surface area (Å²) in [6, 6.07) is 11.9. The maximum Gasteiger partial charge on any atom is 0.301 e. The van der Waals surface area contributed by atoms with E-state index >= 15 is 8.78 Å². The zero-order valence-corrected chi connectivity index (χ0v) is 37.5. The van der Waals surface area contributed by atoms with E-state index in [0.717, 1.165) is 12.1 Å². The number of hydrogen-bond donors (Lipinski definition) is 3. The third-order valence-electron chi connectivity index (χ3n) is 12.7. The van der Waals surface area contributed by atoms with Crippen molar-refractivity contribution in [1.82, 2.24) is 38.9 Å². The number of hydrogen-bond acceptors (Lipinski definition) is 14. The van der Waals surface area contributed by atoms with Crippen molar-refractivity contribution in [1.29, 1.82) is 5.26 Å². The van der Waals surface area contributed by atoms with Crippen molar-refractivity contribution in [3.05, 3.63) is 100 Å². The van der Waals surface area contributed by atoms with E-state index in [1.165, 1.54) is 47.6 Å². The number of aromatic nitrogens is 4. The third kappa shape index (κ3) is 10.0. The summed E-state index contributed by atoms with van der Waals surface area (Å²) >= 11 is 0. The van der Waals surface area contributed by atoms with Crippen LogP contribution in [0, 0.1) is 23.0 Å². The number of piperazine rings is 1. The molecule has 19 nitrogen and oxygen atoms in total. The van der Waals surface area contributed by atoms with Crippen molar-refractivity contribution in [3.8, 4) is 23.3 Å². The number of carbonyl (C=O) groups is 3. The number of nitriles is 1. The van der Waals surface area contributed by atoms with E-state index in [9.17, 15) is 41.6 Å². The van der Waals surface area contributed by atoms with E-state index in [4.69, 9.17) is 4.74 Å². The molecule has 360 valence electrons. The molecule has 3 amide bonds. The summed E-state index contributed by atoms with van der Waals surface area (Å²) in [4.78, 5) is 69.8. The van der Waals surface area contributed by atoms with Crippen LogP contribution < -0.4 is 30.6 Å². The molecule has 1 unspecified atom stereocenters. The second kappa shape index (κ2) is 19.4. The first-order valence-corrected chi connectivity index (χ1v) is 23.5. The van der Waals surface area contributed by atoms with Gasteiger partial charge in [-0.25, -0.2) is 32.5 Å². The van der Waals surface area contributed by atoms with Gasteiger partial charge < -0.3 is 19.9 Å². The van der Waals surface area contributed by atoms with E-state index in [-0.39, 0.29) is 58.9 Å². The minimum absolute atomic E-state index is 0.0161. The quantitative estimate of drug-likeness (QED) is 0.120. The molecule has 3 atom stereocenters. The SMILES string of the molecule is N#Cc1c(NS(=O)(=O)N2C[C@@H](F)[C@H](F)C2)ccc(F)c1Oc1ccc2ncn(-c3cnc(N4CCN(C(=O)CN5CCC(c6ccc(NC7CCC(=O)NC7=O)cc6F)CC5)CC4)nc3)c(=O)c2c1. The van der Waals surface area contributed by atoms with Gasteiger partial charge in [0.15, 0.2) is 11.6 Å². The van der Waals surface area contributed by atoms with Gasteiger partial charge in [-0.1, -0.05) is 6.07 Å². The van der Waals surface area contributed by atoms with Gasteiger partial charge in [0.05, 0.1) is 41.2 Å². The van der Waals surface area contributed by atoms with E-state index in [1.54, 1.807) is 23.1 Å². The number of benzene rings is 3. The van der Waals surface area contributed by atoms with Gasteiger partial charge in [-0.3, -0.25) is 38.7 Å². The average Bonchev–Trinajstić information content (AvgIpc) is 3.69. The van der Waals surface area contributed by atoms with Crippen LogP contribution in [0.15, 0.2) is 72.0 Å². The second-order valence-corrected chi connectivity index (χ2v) is 18.8. The molecule has 69 heavy (non-hydrogen) atoms. The minimum atomic E-state index is -4.54. The number of imide groups is 1. The van der Waals surface area contributed by atoms with Crippen LogP contribution in [0.5, 0.6) is 11.5 Å². The summed E-state index contributed by atoms with van der Waals surface area (Å²) in [5, 5.41) is 15.3. The van der Waals surface area contributed by atoms with Gasteiger partial charge in [0.1, 0.15) is 47.9 Å². The molecule has 4 aliphatic heterocycles. The fourth-order valence-corrected chi connectivity index (χ4v) is 10.1. The maximum atomic E-state index is 15.3. The fourth-order valence-electron chi connectivity index (χ4n) is 8.84. The molecule has 0 radical (unpaired) electrons. The second-order valence-electron chi connectivity index (χ2n) is 17.1. The summed E-state index contributed by atoms with van der Waals surface area (Å²) in [7, 11) is -4.54. The first-order chi connectivity index (χ1) is 33.1. The molecule has 9 rings (SSSR count). The fraction of sp³-hybridized carbons (Fsp3) is 0.378. The van der Waals surface area contributed by atoms with Gasteiger partial charge in [-0.2, -0.15) is 18.0 Å². The first kappa shape index (κ1) is 46.9. The Bertz CT molecular complexity index is 3030. The Balaban J connectivity index is 0.782. The zero-order valence-electron chi connectivity index (χ0n) is 36.7. The molecule has 24 heteroatoms. The van der Waals surface area contributed by atoms with Gasteiger partial charge in [0, 0.05) is 51.4 Å². The number of rotatable bonds is 12. The Hall–Kier alpha value is -7.23. The average molecular weight is 973 g/mol. The van der Waals surface area contributed by atoms with Gasteiger partial charge in [0.2, 0.25) is 23.7 Å². The topological polar surface area (TPSA) is 228 Å². The summed E-state index contributed by atoms with van der Waals surface area (Å²) in [5.41, 5.74) is 0.0625. The van der Waals surface area contributed by atoms with Gasteiger partial charge in [-0.15, -0.1) is 0 Å². The first-order valence-electron chi connectivity index (χ1n) is 22.1. The van der Waals surface area contributed by atoms with Crippen LogP contribution in [-0.2, 0) is 24.6 Å². The van der Waals surface area contributed by atoms with Gasteiger partial charge >= 0.3 is 10.2 Å². The molecular formula is C45H44F4N12O7S. The number of ether oxygens (including phenoxy) is 1. The van der Waals surface area contributed by atoms with Crippen LogP contribution in [0.3, 0.4) is 0 Å². The van der Waals surface area contributed by atoms with Crippen LogP contribution >= 0.6 is 0 Å². The standard InChI is InChI=1S/C45H44F4N12O7S/c46-33-4-6-38(56-69(66,67)60-22-35(48)36(49)23-60)32(19-50)42(33)68-29-2-5-37-31(18-29)44(65)61(25-53-37)28-20-51-45(52-21-28)59-15-13-58(14-16-59)41(63)24-57-11-9-26(10-12-57)30-3-1-27(17-34(30)47)54-39-7-8-40(62)55-43(39)64/h1-6,17-18,20-21,25-26,35-36,39,54,56H,7-16,22-24H2,(H,55,62,64)/t35-,36-,39?/m1/s1. The van der Waals surface area contributed by atoms with Crippen molar-refractivity contribution >= 4 is 56.2 Å². The molecule has 4 aliphatic rings. The van der Waals surface area contributed by atoms with E-state index in [0.29, 0.717) is 80.0 Å². The van der Waals surface area contributed by atoms with Crippen molar-refractivity contribution in [2.75, 3.05) is 73.8 Å². The molecule has 3 aromatic carbocycles. The van der Waals surface area contributed by atoms with Crippen molar-refractivity contribution < 1.29 is 45.1 Å². The van der Waals surface area contributed by atoms with Crippen LogP contribution in [0.25, 0.3) is 16.6 Å². The number of likely N-dealkylation sites (tertiary alicyclic amines) is 1. The molecule has 2 aromatic heterocycles. The highest BCUT2D eigenvalue weighted by atomic mass is 32.2. The van der Waals surface area contributed by atoms with Crippen LogP contribution in [0.4, 0.5) is 34.9 Å². The van der Waals surface area contributed by atoms with E-state index < -0.39 is 76.0 Å². The van der Waals surface area contributed by atoms with Crippen LogP contribution in [-0.4, -0.2) is 137 Å². The molecule has 0 bridgehead atoms. The Morgan fingerprint density at radius 1 is 0.884 bits per heavy atom. The maximum absolute atomic E-state index is 15.3. The van der Waals surface area contributed by atoms with Crippen molar-refractivity contribution in [2.24, 2.45) is 0 Å². The van der Waals surface area contributed by atoms with Crippen LogP contribution in [0.2, 0.25) is 0 Å². The Kier molecular flexibility index (Phi) is 13.2. The van der Waals surface area contributed by atoms with Crippen molar-refractivity contribution in [2.45, 2.75) is 50.0 Å². The lowest BCUT2D eigenvalue weighted by Gasteiger charge is -2.37. The molecule has 4 fully saturated rings. The highest BCUT2D eigenvalue weighted by Crippen LogP contribution is 2.36. The lowest BCUT2D eigenvalue weighted by molar-refractivity contribution is -0.134. The Morgan fingerprint density at radius 2 is 1.61 bits per heavy atom. The Morgan fingerprint density at radius 3 is 2.29 bits per heavy atom. The molecule has 6 heterocycles. The number of amides is 3. The predicted octanol–water partition coefficient (Wildman–Crippen LogP) is 3.51. The zero-order chi connectivity index (χ0) is 48.6. The number of piperidine rings is 2. The number of nitrogens with one attached hydrogen (secondary N) is 3. The van der Waals surface area contributed by atoms with E-state index in [1.807, 2.05) is 4.90 Å². The molecule has 0 spiro atoms. The number of carbonyl (C=O) groups excluding carboxylic acids is 3. The summed E-state index contributed by atoms with van der Waals surface area (Å²) in [5.74, 6) is -2.56. The number of anilines is 3. The molecule has 4 saturated heterocycles. The highest BCUT2D eigenvalue weighted by molar-refractivity contribution is 7.90. The predicted molar refractivity (Wildman–Crippen MR) is 241 cm³/mol. The number of nitrogens with zero attached hydrogens (tertiary/aromatic N) is 9. The van der Waals surface area contributed by atoms with Gasteiger partial charge in [0.25, 0.3) is 5.56 Å². The summed E-state index contributed by atoms with van der Waals surface area (Å²) in [6.07, 6.45) is 2.03. The third-order valence-corrected chi connectivity index (χ3v) is 14.1. The summed E-state index contributed by atoms with van der Waals surface area (Å²) in [6.45, 7) is 1.79. The normalized spacial score (nSPS) is 20.7. The van der Waals surface area contributed by atoms with Gasteiger partial charge in [-0.05, 0) is 86.3 Å². The Labute approximate surface area is 391 Å². The number of alkyl halides is 2. The lowest BCUT2D eigenvalue weighted by atomic mass is 9.89. The van der Waals surface area contributed by atoms with Crippen molar-refractivity contribution in [3.63, 3.8) is 0 Å². The minimum Gasteiger partial charge on any atom is -0.453 e. The molecular weight excluding hydrogens is 929 g/mol. The van der Waals surface area contributed by atoms with E-state index in [2.05, 4.69) is 35.2 Å².